The highest BCUT2D eigenvalue weighted by Crippen LogP contribution is 2.33. The van der Waals surface area contributed by atoms with Crippen LogP contribution in [-0.4, -0.2) is 36.0 Å². The molecule has 0 atom stereocenters. The molecule has 5 nitrogen and oxygen atoms in total. The van der Waals surface area contributed by atoms with E-state index in [-0.39, 0.29) is 29.9 Å². The number of benzene rings is 2. The van der Waals surface area contributed by atoms with Crippen LogP contribution in [-0.2, 0) is 19.7 Å². The molecule has 2 aromatic carbocycles. The van der Waals surface area contributed by atoms with Gasteiger partial charge in [0.1, 0.15) is 5.70 Å². The second-order valence-electron chi connectivity index (χ2n) is 9.70. The lowest BCUT2D eigenvalue weighted by atomic mass is 9.87. The number of imide groups is 1. The van der Waals surface area contributed by atoms with Gasteiger partial charge in [0.25, 0.3) is 11.8 Å². The lowest BCUT2D eigenvalue weighted by Gasteiger charge is -2.19. The van der Waals surface area contributed by atoms with E-state index in [1.165, 1.54) is 10.5 Å². The number of amides is 2. The maximum Gasteiger partial charge on any atom is 0.278 e. The molecule has 32 heavy (non-hydrogen) atoms. The first-order valence-corrected chi connectivity index (χ1v) is 11.2. The molecule has 0 aromatic heterocycles. The van der Waals surface area contributed by atoms with Gasteiger partial charge in [0.15, 0.2) is 0 Å². The summed E-state index contributed by atoms with van der Waals surface area (Å²) in [5.41, 5.74) is 5.59. The summed E-state index contributed by atoms with van der Waals surface area (Å²) in [6.07, 6.45) is 0.0357. The van der Waals surface area contributed by atoms with E-state index in [1.807, 2.05) is 58.0 Å². The first kappa shape index (κ1) is 23.7. The van der Waals surface area contributed by atoms with Gasteiger partial charge in [0.2, 0.25) is 0 Å². The van der Waals surface area contributed by atoms with E-state index in [0.29, 0.717) is 17.9 Å². The van der Waals surface area contributed by atoms with E-state index in [4.69, 9.17) is 4.74 Å². The Kier molecular flexibility index (Phi) is 6.89. The maximum absolute atomic E-state index is 13.4. The number of nitrogens with one attached hydrogen (secondary N) is 1. The van der Waals surface area contributed by atoms with Crippen molar-refractivity contribution in [2.24, 2.45) is 0 Å². The van der Waals surface area contributed by atoms with Gasteiger partial charge in [-0.15, -0.1) is 0 Å². The molecule has 0 radical (unpaired) electrons. The molecule has 1 heterocycles. The molecule has 0 aliphatic carbocycles. The molecular formula is C27H34N2O3. The van der Waals surface area contributed by atoms with E-state index in [0.717, 1.165) is 22.4 Å². The van der Waals surface area contributed by atoms with Gasteiger partial charge in [0, 0.05) is 5.69 Å². The fraction of sp³-hybridized carbons (Fsp3) is 0.407. The highest BCUT2D eigenvalue weighted by Gasteiger charge is 2.39. The van der Waals surface area contributed by atoms with E-state index < -0.39 is 0 Å². The van der Waals surface area contributed by atoms with Crippen LogP contribution in [0.25, 0.3) is 5.57 Å². The minimum Gasteiger partial charge on any atom is -0.377 e. The summed E-state index contributed by atoms with van der Waals surface area (Å²) in [4.78, 5) is 28.0. The van der Waals surface area contributed by atoms with Crippen molar-refractivity contribution in [1.82, 2.24) is 4.90 Å². The number of hydrogen-bond acceptors (Lipinski definition) is 4. The van der Waals surface area contributed by atoms with Gasteiger partial charge in [0.05, 0.1) is 24.8 Å². The summed E-state index contributed by atoms with van der Waals surface area (Å²) in [7, 11) is 0. The summed E-state index contributed by atoms with van der Waals surface area (Å²) in [6, 6.07) is 13.9. The molecular weight excluding hydrogens is 400 g/mol. The summed E-state index contributed by atoms with van der Waals surface area (Å²) in [5, 5.41) is 3.25. The predicted octanol–water partition coefficient (Wildman–Crippen LogP) is 5.22. The first-order valence-electron chi connectivity index (χ1n) is 11.2. The van der Waals surface area contributed by atoms with Crippen LogP contribution < -0.4 is 5.32 Å². The van der Waals surface area contributed by atoms with Crippen molar-refractivity contribution in [3.8, 4) is 0 Å². The number of anilines is 1. The largest absolute Gasteiger partial charge is 0.377 e. The summed E-state index contributed by atoms with van der Waals surface area (Å²) < 4.78 is 5.59. The quantitative estimate of drug-likeness (QED) is 0.607. The van der Waals surface area contributed by atoms with E-state index in [2.05, 4.69) is 38.2 Å². The Labute approximate surface area is 191 Å². The van der Waals surface area contributed by atoms with Gasteiger partial charge in [-0.05, 0) is 61.9 Å². The summed E-state index contributed by atoms with van der Waals surface area (Å²) in [5.74, 6) is -0.611. The van der Waals surface area contributed by atoms with E-state index in [9.17, 15) is 9.59 Å². The number of hydrogen-bond donors (Lipinski definition) is 1. The van der Waals surface area contributed by atoms with Crippen LogP contribution in [0, 0.1) is 13.8 Å². The lowest BCUT2D eigenvalue weighted by molar-refractivity contribution is -0.137. The van der Waals surface area contributed by atoms with Gasteiger partial charge in [-0.1, -0.05) is 56.7 Å². The van der Waals surface area contributed by atoms with Gasteiger partial charge in [-0.2, -0.15) is 0 Å². The monoisotopic (exact) mass is 434 g/mol. The molecule has 0 saturated carbocycles. The zero-order valence-corrected chi connectivity index (χ0v) is 20.2. The van der Waals surface area contributed by atoms with E-state index >= 15 is 0 Å². The maximum atomic E-state index is 13.4. The number of rotatable bonds is 7. The van der Waals surface area contributed by atoms with Crippen molar-refractivity contribution in [2.75, 3.05) is 18.5 Å². The van der Waals surface area contributed by atoms with E-state index in [1.54, 1.807) is 0 Å². The van der Waals surface area contributed by atoms with Gasteiger partial charge < -0.3 is 10.1 Å². The molecule has 170 valence electrons. The highest BCUT2D eigenvalue weighted by atomic mass is 16.5. The summed E-state index contributed by atoms with van der Waals surface area (Å²) in [6.45, 7) is 14.8. The Morgan fingerprint density at radius 3 is 2.19 bits per heavy atom. The average Bonchev–Trinajstić information content (AvgIpc) is 2.92. The Balaban J connectivity index is 1.99. The Morgan fingerprint density at radius 2 is 1.62 bits per heavy atom. The van der Waals surface area contributed by atoms with Crippen LogP contribution in [0.15, 0.2) is 48.2 Å². The Hall–Kier alpha value is -2.92. The molecule has 1 N–H and O–H groups in total. The average molecular weight is 435 g/mol. The van der Waals surface area contributed by atoms with Crippen LogP contribution >= 0.6 is 0 Å². The first-order chi connectivity index (χ1) is 15.0. The van der Waals surface area contributed by atoms with Gasteiger partial charge in [-0.3, -0.25) is 14.5 Å². The molecule has 0 fully saturated rings. The molecule has 3 rings (SSSR count). The normalized spacial score (nSPS) is 14.7. The van der Waals surface area contributed by atoms with Crippen molar-refractivity contribution in [1.29, 1.82) is 0 Å². The molecule has 2 aromatic rings. The third-order valence-corrected chi connectivity index (χ3v) is 5.61. The zero-order chi connectivity index (χ0) is 23.6. The topological polar surface area (TPSA) is 58.6 Å². The molecule has 2 amide bonds. The Morgan fingerprint density at radius 1 is 0.969 bits per heavy atom. The minimum absolute atomic E-state index is 0.0357. The molecule has 0 bridgehead atoms. The third-order valence-electron chi connectivity index (χ3n) is 5.61. The second-order valence-corrected chi connectivity index (χ2v) is 9.70. The molecule has 1 aliphatic rings. The SMILES string of the molecule is Cc1ccc(C2=C(Nc3ccc(C(C)(C)C)cc3)C(=O)N(CCOC(C)C)C2=O)c(C)c1. The lowest BCUT2D eigenvalue weighted by Crippen LogP contribution is -2.35. The minimum atomic E-state index is -0.322. The predicted molar refractivity (Wildman–Crippen MR) is 129 cm³/mol. The van der Waals surface area contributed by atoms with Crippen molar-refractivity contribution < 1.29 is 14.3 Å². The molecule has 5 heteroatoms. The van der Waals surface area contributed by atoms with Crippen LogP contribution in [0.1, 0.15) is 56.9 Å². The Bertz CT molecular complexity index is 1040. The number of carbonyl (C=O) groups is 2. The molecule has 0 saturated heterocycles. The van der Waals surface area contributed by atoms with Crippen molar-refractivity contribution >= 4 is 23.1 Å². The molecule has 0 unspecified atom stereocenters. The number of ether oxygens (including phenoxy) is 1. The number of carbonyl (C=O) groups excluding carboxylic acids is 2. The van der Waals surface area contributed by atoms with Crippen molar-refractivity contribution in [3.05, 3.63) is 70.4 Å². The third kappa shape index (κ3) is 5.10. The van der Waals surface area contributed by atoms with Crippen LogP contribution in [0.5, 0.6) is 0 Å². The van der Waals surface area contributed by atoms with Crippen LogP contribution in [0.2, 0.25) is 0 Å². The fourth-order valence-electron chi connectivity index (χ4n) is 3.82. The second kappa shape index (κ2) is 9.29. The summed E-state index contributed by atoms with van der Waals surface area (Å²) >= 11 is 0. The highest BCUT2D eigenvalue weighted by molar-refractivity contribution is 6.36. The van der Waals surface area contributed by atoms with Gasteiger partial charge in [-0.25, -0.2) is 0 Å². The number of aryl methyl sites for hydroxylation is 2. The van der Waals surface area contributed by atoms with Crippen molar-refractivity contribution in [3.63, 3.8) is 0 Å². The van der Waals surface area contributed by atoms with Crippen LogP contribution in [0.3, 0.4) is 0 Å². The molecule has 0 spiro atoms. The zero-order valence-electron chi connectivity index (χ0n) is 20.2. The fourth-order valence-corrected chi connectivity index (χ4v) is 3.82. The standard InChI is InChI=1S/C27H34N2O3/c1-17(2)32-15-14-29-25(30)23(22-13-8-18(3)16-19(22)4)24(26(29)31)28-21-11-9-20(10-12-21)27(5,6)7/h8-13,16-17,28H,14-15H2,1-7H3. The molecule has 1 aliphatic heterocycles. The van der Waals surface area contributed by atoms with Gasteiger partial charge >= 0.3 is 0 Å². The smallest absolute Gasteiger partial charge is 0.278 e. The number of nitrogens with zero attached hydrogens (tertiary/aromatic N) is 1. The van der Waals surface area contributed by atoms with Crippen molar-refractivity contribution in [2.45, 2.75) is 60.0 Å². The van der Waals surface area contributed by atoms with Crippen LogP contribution in [0.4, 0.5) is 5.69 Å².